The minimum absolute atomic E-state index is 0.0711. The van der Waals surface area contributed by atoms with E-state index >= 15 is 0 Å². The van der Waals surface area contributed by atoms with Gasteiger partial charge in [-0.05, 0) is 26.2 Å². The Kier molecular flexibility index (Phi) is 3.55. The van der Waals surface area contributed by atoms with Gasteiger partial charge in [0.25, 0.3) is 5.91 Å². The first-order chi connectivity index (χ1) is 8.58. The van der Waals surface area contributed by atoms with Gasteiger partial charge in [0.05, 0.1) is 17.2 Å². The van der Waals surface area contributed by atoms with Crippen molar-refractivity contribution in [2.24, 2.45) is 5.92 Å². The molecule has 1 aliphatic rings. The Balaban J connectivity index is 1.97. The first-order valence-corrected chi connectivity index (χ1v) is 5.88. The maximum atomic E-state index is 12.0. The number of nitrogens with one attached hydrogen (secondary N) is 1. The largest absolute Gasteiger partial charge is 0.481 e. The van der Waals surface area contributed by atoms with Gasteiger partial charge in [0.15, 0.2) is 0 Å². The van der Waals surface area contributed by atoms with Crippen LogP contribution < -0.4 is 5.32 Å². The van der Waals surface area contributed by atoms with Crippen molar-refractivity contribution >= 4 is 11.9 Å². The molecular formula is C12H15N3O3. The van der Waals surface area contributed by atoms with Crippen LogP contribution in [-0.4, -0.2) is 33.0 Å². The Hall–Kier alpha value is -1.98. The molecule has 2 rings (SSSR count). The highest BCUT2D eigenvalue weighted by atomic mass is 16.4. The fourth-order valence-electron chi connectivity index (χ4n) is 2.21. The molecule has 1 amide bonds. The van der Waals surface area contributed by atoms with Crippen molar-refractivity contribution in [1.82, 2.24) is 15.3 Å². The molecule has 96 valence electrons. The smallest absolute Gasteiger partial charge is 0.306 e. The van der Waals surface area contributed by atoms with Gasteiger partial charge >= 0.3 is 5.97 Å². The molecular weight excluding hydrogens is 234 g/mol. The SMILES string of the molecule is Cc1ncncc1C(=O)N[C@H]1CC[C@@H](C(=O)O)C1. The molecule has 0 unspecified atom stereocenters. The molecule has 0 spiro atoms. The third-order valence-electron chi connectivity index (χ3n) is 3.27. The zero-order valence-electron chi connectivity index (χ0n) is 10.1. The first kappa shape index (κ1) is 12.5. The number of nitrogens with zero attached hydrogens (tertiary/aromatic N) is 2. The quantitative estimate of drug-likeness (QED) is 0.825. The third kappa shape index (κ3) is 2.64. The van der Waals surface area contributed by atoms with E-state index in [0.29, 0.717) is 30.5 Å². The molecule has 1 aromatic heterocycles. The van der Waals surface area contributed by atoms with E-state index in [2.05, 4.69) is 15.3 Å². The van der Waals surface area contributed by atoms with Crippen LogP contribution in [0.15, 0.2) is 12.5 Å². The van der Waals surface area contributed by atoms with Gasteiger partial charge in [-0.1, -0.05) is 0 Å². The minimum Gasteiger partial charge on any atom is -0.481 e. The molecule has 2 N–H and O–H groups in total. The van der Waals surface area contributed by atoms with Crippen LogP contribution in [0, 0.1) is 12.8 Å². The molecule has 1 heterocycles. The normalized spacial score (nSPS) is 22.7. The first-order valence-electron chi connectivity index (χ1n) is 5.88. The lowest BCUT2D eigenvalue weighted by molar-refractivity contribution is -0.141. The number of hydrogen-bond acceptors (Lipinski definition) is 4. The number of amides is 1. The summed E-state index contributed by atoms with van der Waals surface area (Å²) in [5, 5.41) is 11.7. The van der Waals surface area contributed by atoms with Crippen molar-refractivity contribution in [3.63, 3.8) is 0 Å². The number of carboxylic acid groups (broad SMARTS) is 1. The van der Waals surface area contributed by atoms with Crippen LogP contribution >= 0.6 is 0 Å². The fourth-order valence-corrected chi connectivity index (χ4v) is 2.21. The molecule has 0 radical (unpaired) electrons. The summed E-state index contributed by atoms with van der Waals surface area (Å²) in [7, 11) is 0. The lowest BCUT2D eigenvalue weighted by Crippen LogP contribution is -2.34. The van der Waals surface area contributed by atoms with Crippen molar-refractivity contribution in [1.29, 1.82) is 0 Å². The molecule has 18 heavy (non-hydrogen) atoms. The van der Waals surface area contributed by atoms with Gasteiger partial charge in [-0.3, -0.25) is 9.59 Å². The number of aryl methyl sites for hydroxylation is 1. The monoisotopic (exact) mass is 249 g/mol. The van der Waals surface area contributed by atoms with Gasteiger partial charge in [0, 0.05) is 12.2 Å². The van der Waals surface area contributed by atoms with Crippen LogP contribution in [-0.2, 0) is 4.79 Å². The minimum atomic E-state index is -0.786. The topological polar surface area (TPSA) is 92.2 Å². The lowest BCUT2D eigenvalue weighted by Gasteiger charge is -2.12. The van der Waals surface area contributed by atoms with E-state index in [1.54, 1.807) is 6.92 Å². The van der Waals surface area contributed by atoms with E-state index < -0.39 is 5.97 Å². The maximum Gasteiger partial charge on any atom is 0.306 e. The molecule has 0 saturated heterocycles. The van der Waals surface area contributed by atoms with E-state index in [1.165, 1.54) is 12.5 Å². The molecule has 1 aliphatic carbocycles. The Labute approximate surface area is 104 Å². The molecule has 0 aromatic carbocycles. The van der Waals surface area contributed by atoms with Crippen molar-refractivity contribution in [2.45, 2.75) is 32.2 Å². The van der Waals surface area contributed by atoms with Crippen LogP contribution in [0.3, 0.4) is 0 Å². The van der Waals surface area contributed by atoms with Crippen LogP contribution in [0.2, 0.25) is 0 Å². The predicted octanol–water partition coefficient (Wildman–Crippen LogP) is 0.768. The van der Waals surface area contributed by atoms with E-state index in [0.717, 1.165) is 0 Å². The van der Waals surface area contributed by atoms with Gasteiger partial charge in [0.2, 0.25) is 0 Å². The highest BCUT2D eigenvalue weighted by Crippen LogP contribution is 2.25. The number of aliphatic carboxylic acids is 1. The Bertz CT molecular complexity index is 475. The van der Waals surface area contributed by atoms with Gasteiger partial charge in [0.1, 0.15) is 6.33 Å². The van der Waals surface area contributed by atoms with E-state index in [-0.39, 0.29) is 17.9 Å². The molecule has 0 aliphatic heterocycles. The summed E-state index contributed by atoms with van der Waals surface area (Å²) in [4.78, 5) is 30.6. The van der Waals surface area contributed by atoms with Gasteiger partial charge < -0.3 is 10.4 Å². The Morgan fingerprint density at radius 2 is 2.22 bits per heavy atom. The number of rotatable bonds is 3. The third-order valence-corrected chi connectivity index (χ3v) is 3.27. The van der Waals surface area contributed by atoms with Gasteiger partial charge in [-0.2, -0.15) is 0 Å². The molecule has 1 saturated carbocycles. The Morgan fingerprint density at radius 3 is 2.83 bits per heavy atom. The van der Waals surface area contributed by atoms with Crippen LogP contribution in [0.5, 0.6) is 0 Å². The second-order valence-corrected chi connectivity index (χ2v) is 4.54. The average Bonchev–Trinajstić information content (AvgIpc) is 2.78. The van der Waals surface area contributed by atoms with Gasteiger partial charge in [-0.15, -0.1) is 0 Å². The summed E-state index contributed by atoms with van der Waals surface area (Å²) in [6.07, 6.45) is 4.68. The summed E-state index contributed by atoms with van der Waals surface area (Å²) >= 11 is 0. The number of hydrogen-bond donors (Lipinski definition) is 2. The summed E-state index contributed by atoms with van der Waals surface area (Å²) in [5.74, 6) is -1.36. The van der Waals surface area contributed by atoms with Crippen LogP contribution in [0.4, 0.5) is 0 Å². The molecule has 6 nitrogen and oxygen atoms in total. The highest BCUT2D eigenvalue weighted by Gasteiger charge is 2.30. The fraction of sp³-hybridized carbons (Fsp3) is 0.500. The standard InChI is InChI=1S/C12H15N3O3/c1-7-10(5-13-6-14-7)11(16)15-9-3-2-8(4-9)12(17)18/h5-6,8-9H,2-4H2,1H3,(H,15,16)(H,17,18)/t8-,9+/m1/s1. The number of carbonyl (C=O) groups excluding carboxylic acids is 1. The molecule has 2 atom stereocenters. The van der Waals surface area contributed by atoms with Gasteiger partial charge in [-0.25, -0.2) is 9.97 Å². The van der Waals surface area contributed by atoms with Crippen molar-refractivity contribution < 1.29 is 14.7 Å². The summed E-state index contributed by atoms with van der Waals surface area (Å²) in [5.41, 5.74) is 1.06. The average molecular weight is 249 g/mol. The van der Waals surface area contributed by atoms with Crippen molar-refractivity contribution in [2.75, 3.05) is 0 Å². The van der Waals surface area contributed by atoms with E-state index in [1.807, 2.05) is 0 Å². The predicted molar refractivity (Wildman–Crippen MR) is 63.0 cm³/mol. The lowest BCUT2D eigenvalue weighted by atomic mass is 10.1. The molecule has 6 heteroatoms. The highest BCUT2D eigenvalue weighted by molar-refractivity contribution is 5.95. The van der Waals surface area contributed by atoms with Crippen molar-refractivity contribution in [3.05, 3.63) is 23.8 Å². The summed E-state index contributed by atoms with van der Waals surface area (Å²) < 4.78 is 0. The second kappa shape index (κ2) is 5.12. The molecule has 0 bridgehead atoms. The number of carbonyl (C=O) groups is 2. The summed E-state index contributed by atoms with van der Waals surface area (Å²) in [6.45, 7) is 1.74. The van der Waals surface area contributed by atoms with E-state index in [4.69, 9.17) is 5.11 Å². The second-order valence-electron chi connectivity index (χ2n) is 4.54. The summed E-state index contributed by atoms with van der Waals surface area (Å²) in [6, 6.07) is -0.0711. The van der Waals surface area contributed by atoms with Crippen molar-refractivity contribution in [3.8, 4) is 0 Å². The Morgan fingerprint density at radius 1 is 1.44 bits per heavy atom. The van der Waals surface area contributed by atoms with Crippen LogP contribution in [0.25, 0.3) is 0 Å². The maximum absolute atomic E-state index is 12.0. The molecule has 1 aromatic rings. The zero-order chi connectivity index (χ0) is 13.1. The van der Waals surface area contributed by atoms with Crippen LogP contribution in [0.1, 0.15) is 35.3 Å². The number of aromatic nitrogens is 2. The van der Waals surface area contributed by atoms with E-state index in [9.17, 15) is 9.59 Å². The number of carboxylic acids is 1. The molecule has 1 fully saturated rings. The zero-order valence-corrected chi connectivity index (χ0v) is 10.1.